The van der Waals surface area contributed by atoms with Gasteiger partial charge in [0.15, 0.2) is 0 Å². The van der Waals surface area contributed by atoms with Gasteiger partial charge in [0.05, 0.1) is 24.4 Å². The van der Waals surface area contributed by atoms with Crippen LogP contribution >= 0.6 is 27.3 Å². The molecule has 4 nitrogen and oxygen atoms in total. The molecule has 2 N–H and O–H groups in total. The van der Waals surface area contributed by atoms with Gasteiger partial charge in [-0.05, 0) is 51.7 Å². The molecule has 1 aromatic carbocycles. The van der Waals surface area contributed by atoms with Crippen LogP contribution in [0.25, 0.3) is 10.4 Å². The molecule has 0 saturated heterocycles. The molecule has 0 saturated carbocycles. The van der Waals surface area contributed by atoms with Crippen LogP contribution in [0.15, 0.2) is 22.7 Å². The molecule has 0 atom stereocenters. The predicted molar refractivity (Wildman–Crippen MR) is 89.1 cm³/mol. The fourth-order valence-corrected chi connectivity index (χ4v) is 3.88. The van der Waals surface area contributed by atoms with Gasteiger partial charge in [-0.1, -0.05) is 6.92 Å². The number of hydrogen-bond acceptors (Lipinski definition) is 5. The van der Waals surface area contributed by atoms with Crippen molar-refractivity contribution in [1.82, 2.24) is 0 Å². The van der Waals surface area contributed by atoms with Gasteiger partial charge in [0.2, 0.25) is 0 Å². The third-order valence-electron chi connectivity index (χ3n) is 3.19. The van der Waals surface area contributed by atoms with E-state index in [0.29, 0.717) is 10.6 Å². The van der Waals surface area contributed by atoms with E-state index in [-0.39, 0.29) is 0 Å². The smallest absolute Gasteiger partial charge is 0.350 e. The highest BCUT2D eigenvalue weighted by molar-refractivity contribution is 9.10. The van der Waals surface area contributed by atoms with Gasteiger partial charge in [-0.25, -0.2) is 4.79 Å². The number of nitrogens with two attached hydrogens (primary N) is 1. The first-order valence-corrected chi connectivity index (χ1v) is 7.97. The van der Waals surface area contributed by atoms with E-state index in [1.807, 2.05) is 25.1 Å². The van der Waals surface area contributed by atoms with E-state index in [1.54, 1.807) is 7.11 Å². The fourth-order valence-electron chi connectivity index (χ4n) is 2.11. The first-order chi connectivity index (χ1) is 10.0. The molecule has 1 aromatic heterocycles. The van der Waals surface area contributed by atoms with E-state index < -0.39 is 5.97 Å². The van der Waals surface area contributed by atoms with Crippen molar-refractivity contribution in [2.75, 3.05) is 20.0 Å². The van der Waals surface area contributed by atoms with Crippen LogP contribution in [0.3, 0.4) is 0 Å². The highest BCUT2D eigenvalue weighted by Crippen LogP contribution is 2.41. The van der Waals surface area contributed by atoms with Gasteiger partial charge in [0.25, 0.3) is 0 Å². The number of carbonyl (C=O) groups is 1. The van der Waals surface area contributed by atoms with Gasteiger partial charge >= 0.3 is 5.97 Å². The van der Waals surface area contributed by atoms with Crippen molar-refractivity contribution in [3.05, 3.63) is 33.1 Å². The molecule has 0 unspecified atom stereocenters. The Bertz CT molecular complexity index is 682. The Morgan fingerprint density at radius 1 is 1.38 bits per heavy atom. The fraction of sp³-hybridized carbons (Fsp3) is 0.267. The largest absolute Gasteiger partial charge is 0.496 e. The number of hydrogen-bond donors (Lipinski definition) is 1. The normalized spacial score (nSPS) is 10.5. The molecule has 0 aliphatic carbocycles. The number of carbonyl (C=O) groups excluding carboxylic acids is 1. The van der Waals surface area contributed by atoms with Crippen molar-refractivity contribution in [1.29, 1.82) is 0 Å². The van der Waals surface area contributed by atoms with E-state index in [2.05, 4.69) is 15.9 Å². The molecule has 0 amide bonds. The van der Waals surface area contributed by atoms with Crippen LogP contribution in [-0.2, 0) is 11.2 Å². The summed E-state index contributed by atoms with van der Waals surface area (Å²) in [6, 6.07) is 5.80. The van der Waals surface area contributed by atoms with Crippen LogP contribution in [0.1, 0.15) is 22.2 Å². The Morgan fingerprint density at radius 2 is 2.10 bits per heavy atom. The lowest BCUT2D eigenvalue weighted by molar-refractivity contribution is 0.0607. The van der Waals surface area contributed by atoms with Crippen molar-refractivity contribution in [3.8, 4) is 16.2 Å². The van der Waals surface area contributed by atoms with Crippen molar-refractivity contribution < 1.29 is 14.3 Å². The molecular formula is C15H16BrNO3S. The summed E-state index contributed by atoms with van der Waals surface area (Å²) < 4.78 is 10.9. The van der Waals surface area contributed by atoms with Gasteiger partial charge < -0.3 is 15.2 Å². The Balaban J connectivity index is 2.58. The van der Waals surface area contributed by atoms with Crippen molar-refractivity contribution in [2.45, 2.75) is 13.3 Å². The summed E-state index contributed by atoms with van der Waals surface area (Å²) in [5.41, 5.74) is 8.57. The summed E-state index contributed by atoms with van der Waals surface area (Å²) in [6.07, 6.45) is 0.748. The second kappa shape index (κ2) is 6.49. The molecule has 0 radical (unpaired) electrons. The highest BCUT2D eigenvalue weighted by atomic mass is 79.9. The van der Waals surface area contributed by atoms with Gasteiger partial charge in [-0.15, -0.1) is 11.3 Å². The lowest BCUT2D eigenvalue weighted by Gasteiger charge is -2.07. The first kappa shape index (κ1) is 15.9. The maximum Gasteiger partial charge on any atom is 0.350 e. The number of thiophene rings is 1. The molecule has 0 aliphatic heterocycles. The maximum absolute atomic E-state index is 11.8. The number of methoxy groups -OCH3 is 2. The maximum atomic E-state index is 11.8. The van der Waals surface area contributed by atoms with E-state index in [4.69, 9.17) is 15.2 Å². The second-order valence-corrected chi connectivity index (χ2v) is 6.22. The van der Waals surface area contributed by atoms with Crippen LogP contribution in [0.5, 0.6) is 5.75 Å². The number of esters is 1. The van der Waals surface area contributed by atoms with Crippen LogP contribution in [0.2, 0.25) is 0 Å². The second-order valence-electron chi connectivity index (χ2n) is 4.35. The third kappa shape index (κ3) is 2.91. The number of halogens is 1. The summed E-state index contributed by atoms with van der Waals surface area (Å²) in [4.78, 5) is 13.2. The van der Waals surface area contributed by atoms with Gasteiger partial charge in [-0.3, -0.25) is 0 Å². The molecule has 0 bridgehead atoms. The Hall–Kier alpha value is -1.53. The van der Waals surface area contributed by atoms with E-state index in [0.717, 1.165) is 32.6 Å². The zero-order valence-corrected chi connectivity index (χ0v) is 14.4. The summed E-state index contributed by atoms with van der Waals surface area (Å²) in [5, 5.41) is 0. The molecule has 0 fully saturated rings. The zero-order valence-electron chi connectivity index (χ0n) is 12.0. The molecule has 6 heteroatoms. The average Bonchev–Trinajstić information content (AvgIpc) is 2.83. The Morgan fingerprint density at radius 3 is 2.62 bits per heavy atom. The van der Waals surface area contributed by atoms with Crippen molar-refractivity contribution in [3.63, 3.8) is 0 Å². The summed E-state index contributed by atoms with van der Waals surface area (Å²) in [6.45, 7) is 2.02. The van der Waals surface area contributed by atoms with E-state index in [9.17, 15) is 4.79 Å². The first-order valence-electron chi connectivity index (χ1n) is 6.36. The summed E-state index contributed by atoms with van der Waals surface area (Å²) >= 11 is 4.83. The molecule has 2 aromatic rings. The SMILES string of the molecule is CCc1c(-c2ccc(OC)c(Br)c2)sc(C(=O)OC)c1N. The number of benzene rings is 1. The van der Waals surface area contributed by atoms with Crippen molar-refractivity contribution >= 4 is 38.9 Å². The quantitative estimate of drug-likeness (QED) is 0.823. The van der Waals surface area contributed by atoms with Crippen LogP contribution in [-0.4, -0.2) is 20.2 Å². The zero-order chi connectivity index (χ0) is 15.6. The van der Waals surface area contributed by atoms with Gasteiger partial charge in [-0.2, -0.15) is 0 Å². The van der Waals surface area contributed by atoms with Gasteiger partial charge in [0, 0.05) is 4.88 Å². The minimum Gasteiger partial charge on any atom is -0.496 e. The molecule has 0 aliphatic rings. The standard InChI is InChI=1S/C15H16BrNO3S/c1-4-9-12(17)14(15(18)20-3)21-13(9)8-5-6-11(19-2)10(16)7-8/h5-7H,4,17H2,1-3H3. The molecule has 112 valence electrons. The van der Waals surface area contributed by atoms with Crippen molar-refractivity contribution in [2.24, 2.45) is 0 Å². The topological polar surface area (TPSA) is 61.5 Å². The summed E-state index contributed by atoms with van der Waals surface area (Å²) in [7, 11) is 2.98. The Labute approximate surface area is 136 Å². The number of nitrogen functional groups attached to an aromatic ring is 1. The minimum atomic E-state index is -0.397. The molecule has 2 rings (SSSR count). The predicted octanol–water partition coefficient (Wildman–Crippen LogP) is 4.12. The molecule has 21 heavy (non-hydrogen) atoms. The third-order valence-corrected chi connectivity index (χ3v) is 5.08. The lowest BCUT2D eigenvalue weighted by Crippen LogP contribution is -2.02. The Kier molecular flexibility index (Phi) is 4.90. The average molecular weight is 370 g/mol. The minimum absolute atomic E-state index is 0.397. The monoisotopic (exact) mass is 369 g/mol. The number of ether oxygens (including phenoxy) is 2. The molecule has 1 heterocycles. The van der Waals surface area contributed by atoms with Crippen LogP contribution in [0.4, 0.5) is 5.69 Å². The van der Waals surface area contributed by atoms with E-state index in [1.165, 1.54) is 18.4 Å². The number of rotatable bonds is 4. The van der Waals surface area contributed by atoms with Gasteiger partial charge in [0.1, 0.15) is 10.6 Å². The highest BCUT2D eigenvalue weighted by Gasteiger charge is 2.21. The van der Waals surface area contributed by atoms with Crippen LogP contribution in [0, 0.1) is 0 Å². The lowest BCUT2D eigenvalue weighted by atomic mass is 10.1. The van der Waals surface area contributed by atoms with Crippen LogP contribution < -0.4 is 10.5 Å². The van der Waals surface area contributed by atoms with E-state index >= 15 is 0 Å². The molecule has 0 spiro atoms. The summed E-state index contributed by atoms with van der Waals surface area (Å²) in [5.74, 6) is 0.362. The number of anilines is 1. The molecular weight excluding hydrogens is 354 g/mol.